The molecular weight excluding hydrogens is 351 g/mol. The molecule has 0 spiro atoms. The lowest BCUT2D eigenvalue weighted by Gasteiger charge is -2.30. The van der Waals surface area contributed by atoms with Crippen LogP contribution in [0.1, 0.15) is 79.8 Å². The molecule has 0 heterocycles. The number of aryl methyl sites for hydroxylation is 4. The lowest BCUT2D eigenvalue weighted by atomic mass is 9.85. The quantitative estimate of drug-likeness (QED) is 0.506. The van der Waals surface area contributed by atoms with Crippen molar-refractivity contribution in [2.45, 2.75) is 78.3 Å². The molecule has 0 fully saturated rings. The zero-order chi connectivity index (χ0) is 20.2. The Balaban J connectivity index is 2.57. The molecule has 148 valence electrons. The van der Waals surface area contributed by atoms with Crippen molar-refractivity contribution in [2.24, 2.45) is 0 Å². The van der Waals surface area contributed by atoms with E-state index in [1.54, 1.807) is 0 Å². The fraction of sp³-hybridized carbons (Fsp3) is 0.500. The second kappa shape index (κ2) is 9.11. The van der Waals surface area contributed by atoms with Gasteiger partial charge in [-0.15, -0.1) is 9.24 Å². The number of phenolic OH excluding ortho intramolecular Hbond substituents is 2. The van der Waals surface area contributed by atoms with E-state index in [-0.39, 0.29) is 0 Å². The summed E-state index contributed by atoms with van der Waals surface area (Å²) in [6.45, 7) is 10.4. The first-order valence-corrected chi connectivity index (χ1v) is 10.7. The zero-order valence-corrected chi connectivity index (χ0v) is 18.7. The van der Waals surface area contributed by atoms with Crippen LogP contribution in [0.2, 0.25) is 0 Å². The molecule has 0 amide bonds. The Hall–Kier alpha value is -1.53. The maximum absolute atomic E-state index is 10.8. The summed E-state index contributed by atoms with van der Waals surface area (Å²) in [5, 5.41) is 21.1. The Kier molecular flexibility index (Phi) is 7.34. The highest BCUT2D eigenvalue weighted by molar-refractivity contribution is 7.19. The van der Waals surface area contributed by atoms with E-state index in [9.17, 15) is 10.2 Å². The van der Waals surface area contributed by atoms with Gasteiger partial charge in [-0.2, -0.15) is 0 Å². The number of hydrogen-bond donors (Lipinski definition) is 2. The Bertz CT molecular complexity index is 728. The minimum Gasteiger partial charge on any atom is -0.507 e. The van der Waals surface area contributed by atoms with Crippen molar-refractivity contribution in [1.29, 1.82) is 0 Å². The molecule has 0 bridgehead atoms. The predicted octanol–water partition coefficient (Wildman–Crippen LogP) is 6.54. The molecule has 0 aliphatic rings. The third-order valence-electron chi connectivity index (χ3n) is 5.48. The van der Waals surface area contributed by atoms with Gasteiger partial charge in [0.1, 0.15) is 11.5 Å². The first-order valence-electron chi connectivity index (χ1n) is 10.2. The van der Waals surface area contributed by atoms with Gasteiger partial charge < -0.3 is 10.2 Å². The number of hydrogen-bond acceptors (Lipinski definition) is 2. The van der Waals surface area contributed by atoms with E-state index in [1.165, 1.54) is 11.1 Å². The van der Waals surface area contributed by atoms with Crippen molar-refractivity contribution in [3.63, 3.8) is 0 Å². The van der Waals surface area contributed by atoms with Gasteiger partial charge in [-0.25, -0.2) is 0 Å². The van der Waals surface area contributed by atoms with Crippen LogP contribution < -0.4 is 0 Å². The van der Waals surface area contributed by atoms with Crippen molar-refractivity contribution in [3.8, 4) is 11.5 Å². The molecule has 1 unspecified atom stereocenters. The Morgan fingerprint density at radius 3 is 1.48 bits per heavy atom. The van der Waals surface area contributed by atoms with Gasteiger partial charge in [0.25, 0.3) is 0 Å². The average Bonchev–Trinajstić information content (AvgIpc) is 2.62. The molecule has 0 radical (unpaired) electrons. The van der Waals surface area contributed by atoms with E-state index < -0.39 is 5.16 Å². The molecule has 0 aromatic heterocycles. The smallest absolute Gasteiger partial charge is 0.122 e. The van der Waals surface area contributed by atoms with Gasteiger partial charge in [0.05, 0.1) is 0 Å². The van der Waals surface area contributed by atoms with E-state index in [2.05, 4.69) is 54.3 Å². The molecule has 0 saturated carbocycles. The van der Waals surface area contributed by atoms with Gasteiger partial charge >= 0.3 is 0 Å². The van der Waals surface area contributed by atoms with E-state index in [0.29, 0.717) is 11.5 Å². The molecule has 2 N–H and O–H groups in total. The van der Waals surface area contributed by atoms with Crippen LogP contribution in [-0.4, -0.2) is 10.2 Å². The highest BCUT2D eigenvalue weighted by Crippen LogP contribution is 2.48. The van der Waals surface area contributed by atoms with E-state index in [4.69, 9.17) is 0 Å². The molecule has 0 aliphatic carbocycles. The number of unbranched alkanes of at least 4 members (excludes halogenated alkanes) is 2. The maximum atomic E-state index is 10.8. The van der Waals surface area contributed by atoms with Crippen molar-refractivity contribution in [3.05, 3.63) is 57.6 Å². The van der Waals surface area contributed by atoms with Gasteiger partial charge in [-0.05, 0) is 68.7 Å². The zero-order valence-electron chi connectivity index (χ0n) is 17.5. The van der Waals surface area contributed by atoms with Crippen molar-refractivity contribution in [1.82, 2.24) is 0 Å². The molecule has 27 heavy (non-hydrogen) atoms. The minimum atomic E-state index is -0.561. The second-order valence-corrected chi connectivity index (χ2v) is 9.18. The maximum Gasteiger partial charge on any atom is 0.122 e. The summed E-state index contributed by atoms with van der Waals surface area (Å²) in [4.78, 5) is 0. The van der Waals surface area contributed by atoms with Gasteiger partial charge in [-0.1, -0.05) is 51.0 Å². The van der Waals surface area contributed by atoms with Gasteiger partial charge in [0.15, 0.2) is 0 Å². The Morgan fingerprint density at radius 2 is 1.15 bits per heavy atom. The summed E-state index contributed by atoms with van der Waals surface area (Å²) in [5.74, 6) is 0.646. The highest BCUT2D eigenvalue weighted by Gasteiger charge is 2.31. The number of rotatable bonds is 8. The number of benzene rings is 2. The second-order valence-electron chi connectivity index (χ2n) is 8.03. The molecular formula is C24H35O2P. The van der Waals surface area contributed by atoms with Crippen molar-refractivity contribution < 1.29 is 10.2 Å². The summed E-state index contributed by atoms with van der Waals surface area (Å²) in [5.41, 5.74) is 6.00. The highest BCUT2D eigenvalue weighted by atomic mass is 31.0. The third-order valence-corrected chi connectivity index (χ3v) is 6.10. The molecule has 2 rings (SSSR count). The van der Waals surface area contributed by atoms with Gasteiger partial charge in [-0.3, -0.25) is 0 Å². The standard InChI is InChI=1S/C24H35O2P/c1-6-8-10-18-12-16(3)22(25)20(14-18)24(5,27)21-15-19(11-9-7-2)13-17(4)23(21)26/h12-15,25-26H,6-11,27H2,1-5H3. The molecule has 2 aromatic carbocycles. The third kappa shape index (κ3) is 4.85. The fourth-order valence-electron chi connectivity index (χ4n) is 3.70. The molecule has 1 atom stereocenters. The minimum absolute atomic E-state index is 0.323. The van der Waals surface area contributed by atoms with Crippen LogP contribution in [0.3, 0.4) is 0 Å². The Morgan fingerprint density at radius 1 is 0.778 bits per heavy atom. The molecule has 2 aromatic rings. The number of aromatic hydroxyl groups is 2. The molecule has 0 aliphatic heterocycles. The monoisotopic (exact) mass is 386 g/mol. The summed E-state index contributed by atoms with van der Waals surface area (Å²) in [6, 6.07) is 8.38. The average molecular weight is 387 g/mol. The van der Waals surface area contributed by atoms with Gasteiger partial charge in [0.2, 0.25) is 0 Å². The van der Waals surface area contributed by atoms with Gasteiger partial charge in [0, 0.05) is 16.3 Å². The predicted molar refractivity (Wildman–Crippen MR) is 119 cm³/mol. The van der Waals surface area contributed by atoms with Crippen LogP contribution in [0.5, 0.6) is 11.5 Å². The van der Waals surface area contributed by atoms with E-state index in [0.717, 1.165) is 60.8 Å². The normalized spacial score (nSPS) is 11.8. The first-order chi connectivity index (χ1) is 12.7. The molecule has 2 nitrogen and oxygen atoms in total. The SMILES string of the molecule is CCCCc1cc(C)c(O)c(C(C)(P)c2cc(CCCC)cc(C)c2O)c1. The first kappa shape index (κ1) is 21.8. The summed E-state index contributed by atoms with van der Waals surface area (Å²) in [6.07, 6.45) is 6.57. The number of phenols is 2. The van der Waals surface area contributed by atoms with Crippen LogP contribution >= 0.6 is 9.24 Å². The lowest BCUT2D eigenvalue weighted by Crippen LogP contribution is -2.17. The van der Waals surface area contributed by atoms with Crippen LogP contribution in [-0.2, 0) is 18.0 Å². The molecule has 0 saturated heterocycles. The summed E-state index contributed by atoms with van der Waals surface area (Å²) < 4.78 is 0. The lowest BCUT2D eigenvalue weighted by molar-refractivity contribution is 0.447. The fourth-order valence-corrected chi connectivity index (χ4v) is 4.14. The topological polar surface area (TPSA) is 40.5 Å². The summed E-state index contributed by atoms with van der Waals surface area (Å²) in [7, 11) is 2.88. The largest absolute Gasteiger partial charge is 0.507 e. The van der Waals surface area contributed by atoms with Crippen LogP contribution in [0, 0.1) is 13.8 Å². The molecule has 3 heteroatoms. The van der Waals surface area contributed by atoms with E-state index in [1.807, 2.05) is 13.8 Å². The Labute approximate surface area is 167 Å². The van der Waals surface area contributed by atoms with Crippen molar-refractivity contribution in [2.75, 3.05) is 0 Å². The van der Waals surface area contributed by atoms with Crippen molar-refractivity contribution >= 4 is 9.24 Å². The van der Waals surface area contributed by atoms with E-state index >= 15 is 0 Å². The van der Waals surface area contributed by atoms with Crippen LogP contribution in [0.4, 0.5) is 0 Å². The summed E-state index contributed by atoms with van der Waals surface area (Å²) >= 11 is 0. The van der Waals surface area contributed by atoms with Crippen LogP contribution in [0.15, 0.2) is 24.3 Å². The van der Waals surface area contributed by atoms with Crippen LogP contribution in [0.25, 0.3) is 0 Å².